The van der Waals surface area contributed by atoms with Gasteiger partial charge in [0.1, 0.15) is 21.4 Å². The van der Waals surface area contributed by atoms with Crippen molar-refractivity contribution in [1.29, 1.82) is 0 Å². The number of rotatable bonds is 8. The van der Waals surface area contributed by atoms with Gasteiger partial charge in [0.25, 0.3) is 0 Å². The minimum absolute atomic E-state index is 0.671. The topological polar surface area (TPSA) is 119 Å². The predicted molar refractivity (Wildman–Crippen MR) is 165 cm³/mol. The average molecular weight is 591 g/mol. The number of amides is 2. The number of aromatic nitrogens is 4. The molecule has 2 amide bonds. The lowest BCUT2D eigenvalue weighted by molar-refractivity contribution is -0.139. The molecule has 0 fully saturated rings. The van der Waals surface area contributed by atoms with Crippen molar-refractivity contribution in [3.8, 4) is 32.5 Å². The summed E-state index contributed by atoms with van der Waals surface area (Å²) in [6.45, 7) is 0. The molecule has 0 saturated carbocycles. The number of carbonyl (C=O) groups is 2. The van der Waals surface area contributed by atoms with E-state index < -0.39 is 11.8 Å². The highest BCUT2D eigenvalue weighted by atomic mass is 32.1. The van der Waals surface area contributed by atoms with Gasteiger partial charge in [-0.3, -0.25) is 9.59 Å². The van der Waals surface area contributed by atoms with E-state index >= 15 is 0 Å². The zero-order valence-electron chi connectivity index (χ0n) is 21.9. The highest BCUT2D eigenvalue weighted by Crippen LogP contribution is 2.25. The maximum atomic E-state index is 12.4. The molecule has 0 bridgehead atoms. The highest BCUT2D eigenvalue weighted by molar-refractivity contribution is 7.12. The lowest BCUT2D eigenvalue weighted by atomic mass is 10.1. The molecular formula is C30H22N8O2S2. The lowest BCUT2D eigenvalue weighted by Crippen LogP contribution is -2.35. The van der Waals surface area contributed by atoms with Crippen molar-refractivity contribution < 1.29 is 9.59 Å². The van der Waals surface area contributed by atoms with Crippen LogP contribution in [0.5, 0.6) is 0 Å². The van der Waals surface area contributed by atoms with Gasteiger partial charge in [-0.1, -0.05) is 60.7 Å². The Morgan fingerprint density at radius 1 is 0.619 bits per heavy atom. The predicted octanol–water partition coefficient (Wildman–Crippen LogP) is 5.12. The summed E-state index contributed by atoms with van der Waals surface area (Å²) in [6.07, 6.45) is 6.54. The van der Waals surface area contributed by atoms with Crippen LogP contribution in [0.3, 0.4) is 0 Å². The SMILES string of the molecule is O=C(N/N=C/c1cn(-c2cccs2)nc1-c1ccccc1)C(=O)N/N=C/c1cn(-c2cccs2)nc1-c1ccccc1. The van der Waals surface area contributed by atoms with Gasteiger partial charge in [0, 0.05) is 34.6 Å². The molecule has 2 aromatic carbocycles. The lowest BCUT2D eigenvalue weighted by Gasteiger charge is -2.00. The maximum Gasteiger partial charge on any atom is 0.331 e. The Labute approximate surface area is 248 Å². The number of carbonyl (C=O) groups excluding carboxylic acids is 2. The number of nitrogens with one attached hydrogen (secondary N) is 2. The summed E-state index contributed by atoms with van der Waals surface area (Å²) in [4.78, 5) is 24.9. The van der Waals surface area contributed by atoms with E-state index in [1.807, 2.05) is 108 Å². The van der Waals surface area contributed by atoms with Crippen molar-refractivity contribution in [2.45, 2.75) is 0 Å². The molecule has 42 heavy (non-hydrogen) atoms. The number of hydrogen-bond donors (Lipinski definition) is 2. The number of hydrogen-bond acceptors (Lipinski definition) is 8. The fourth-order valence-electron chi connectivity index (χ4n) is 4.05. The Kier molecular flexibility index (Phi) is 7.88. The van der Waals surface area contributed by atoms with Crippen LogP contribution in [0.1, 0.15) is 11.1 Å². The molecule has 0 spiro atoms. The minimum Gasteiger partial charge on any atom is -0.262 e. The molecule has 0 aliphatic rings. The third-order valence-electron chi connectivity index (χ3n) is 5.99. The Morgan fingerprint density at radius 3 is 1.43 bits per heavy atom. The maximum absolute atomic E-state index is 12.4. The summed E-state index contributed by atoms with van der Waals surface area (Å²) in [7, 11) is 0. The van der Waals surface area contributed by atoms with Crippen LogP contribution < -0.4 is 10.9 Å². The zero-order valence-corrected chi connectivity index (χ0v) is 23.5. The molecule has 0 aliphatic heterocycles. The van der Waals surface area contributed by atoms with Crippen LogP contribution in [0.4, 0.5) is 0 Å². The molecule has 4 aromatic heterocycles. The van der Waals surface area contributed by atoms with Gasteiger partial charge in [-0.2, -0.15) is 20.4 Å². The highest BCUT2D eigenvalue weighted by Gasteiger charge is 2.15. The van der Waals surface area contributed by atoms with E-state index in [2.05, 4.69) is 21.1 Å². The third kappa shape index (κ3) is 5.99. The molecule has 10 nitrogen and oxygen atoms in total. The van der Waals surface area contributed by atoms with Crippen LogP contribution in [-0.2, 0) is 9.59 Å². The average Bonchev–Trinajstić information content (AvgIpc) is 3.85. The van der Waals surface area contributed by atoms with Gasteiger partial charge in [0.05, 0.1) is 12.4 Å². The van der Waals surface area contributed by atoms with Gasteiger partial charge in [0.15, 0.2) is 0 Å². The molecule has 0 radical (unpaired) electrons. The van der Waals surface area contributed by atoms with Gasteiger partial charge in [-0.25, -0.2) is 20.2 Å². The Bertz CT molecular complexity index is 1720. The summed E-state index contributed by atoms with van der Waals surface area (Å²) in [6, 6.07) is 27.1. The van der Waals surface area contributed by atoms with Crippen LogP contribution in [0.25, 0.3) is 32.5 Å². The van der Waals surface area contributed by atoms with Crippen LogP contribution >= 0.6 is 22.7 Å². The van der Waals surface area contributed by atoms with Crippen LogP contribution in [0, 0.1) is 0 Å². The minimum atomic E-state index is -0.965. The monoisotopic (exact) mass is 590 g/mol. The molecular weight excluding hydrogens is 569 g/mol. The van der Waals surface area contributed by atoms with E-state index in [1.54, 1.807) is 32.0 Å². The van der Waals surface area contributed by atoms with E-state index in [1.165, 1.54) is 12.4 Å². The summed E-state index contributed by atoms with van der Waals surface area (Å²) in [5.41, 5.74) is 9.02. The van der Waals surface area contributed by atoms with Crippen molar-refractivity contribution in [1.82, 2.24) is 30.4 Å². The smallest absolute Gasteiger partial charge is 0.262 e. The Balaban J connectivity index is 1.14. The van der Waals surface area contributed by atoms with Gasteiger partial charge < -0.3 is 0 Å². The molecule has 0 aliphatic carbocycles. The van der Waals surface area contributed by atoms with Gasteiger partial charge >= 0.3 is 11.8 Å². The first-order valence-electron chi connectivity index (χ1n) is 12.7. The first-order chi connectivity index (χ1) is 20.7. The van der Waals surface area contributed by atoms with E-state index in [-0.39, 0.29) is 0 Å². The molecule has 0 atom stereocenters. The van der Waals surface area contributed by atoms with E-state index in [9.17, 15) is 9.59 Å². The normalized spacial score (nSPS) is 11.3. The molecule has 6 rings (SSSR count). The van der Waals surface area contributed by atoms with Crippen LogP contribution in [-0.4, -0.2) is 43.8 Å². The fourth-order valence-corrected chi connectivity index (χ4v) is 5.36. The first-order valence-corrected chi connectivity index (χ1v) is 14.5. The molecule has 6 aromatic rings. The molecule has 0 saturated heterocycles. The third-order valence-corrected chi connectivity index (χ3v) is 7.70. The van der Waals surface area contributed by atoms with E-state index in [4.69, 9.17) is 10.2 Å². The number of hydrazone groups is 2. The summed E-state index contributed by atoms with van der Waals surface area (Å²) in [5.74, 6) is -1.93. The first kappa shape index (κ1) is 26.7. The van der Waals surface area contributed by atoms with Crippen molar-refractivity contribution in [2.24, 2.45) is 10.2 Å². The number of thiophene rings is 2. The second-order valence-corrected chi connectivity index (χ2v) is 10.6. The van der Waals surface area contributed by atoms with Crippen molar-refractivity contribution in [2.75, 3.05) is 0 Å². The number of benzene rings is 2. The standard InChI is InChI=1S/C30H22N8O2S2/c39-29(33-31-17-23-19-37(25-13-7-15-41-25)35-27(23)21-9-3-1-4-10-21)30(40)34-32-18-24-20-38(26-14-8-16-42-26)36-28(24)22-11-5-2-6-12-22/h1-20H,(H,33,39)(H,34,40)/b31-17+,32-18+. The molecule has 2 N–H and O–H groups in total. The van der Waals surface area contributed by atoms with Crippen LogP contribution in [0.15, 0.2) is 118 Å². The second-order valence-electron chi connectivity index (χ2n) is 8.79. The molecule has 206 valence electrons. The van der Waals surface area contributed by atoms with Crippen LogP contribution in [0.2, 0.25) is 0 Å². The van der Waals surface area contributed by atoms with Crippen molar-refractivity contribution in [3.05, 3.63) is 119 Å². The fraction of sp³-hybridized carbons (Fsp3) is 0. The Morgan fingerprint density at radius 2 is 1.05 bits per heavy atom. The quantitative estimate of drug-likeness (QED) is 0.145. The second kappa shape index (κ2) is 12.4. The largest absolute Gasteiger partial charge is 0.331 e. The number of nitrogens with zero attached hydrogens (tertiary/aromatic N) is 6. The molecule has 0 unspecified atom stereocenters. The summed E-state index contributed by atoms with van der Waals surface area (Å²) in [5, 5.41) is 23.2. The summed E-state index contributed by atoms with van der Waals surface area (Å²) < 4.78 is 3.50. The Hall–Kier alpha value is -5.46. The van der Waals surface area contributed by atoms with Gasteiger partial charge in [-0.05, 0) is 35.0 Å². The van der Waals surface area contributed by atoms with Crippen molar-refractivity contribution in [3.63, 3.8) is 0 Å². The van der Waals surface area contributed by atoms with Gasteiger partial charge in [0.2, 0.25) is 0 Å². The zero-order chi connectivity index (χ0) is 28.7. The van der Waals surface area contributed by atoms with E-state index in [0.29, 0.717) is 22.5 Å². The molecule has 4 heterocycles. The molecule has 12 heteroatoms. The van der Waals surface area contributed by atoms with Gasteiger partial charge in [-0.15, -0.1) is 22.7 Å². The van der Waals surface area contributed by atoms with Crippen molar-refractivity contribution >= 4 is 46.9 Å². The summed E-state index contributed by atoms with van der Waals surface area (Å²) >= 11 is 3.09. The van der Waals surface area contributed by atoms with E-state index in [0.717, 1.165) is 21.1 Å².